The number of carbonyl (C=O) groups is 2. The standard InChI is InChI=1S/C25H15NO4S/c1-26-17-4-2-3-5-20(17)31-21(26)10-16-24(29)14-8-6-12-18(27)11-19(28)13-7-9-15(25(16)30)23(14)22(12)13/h2-11,27,30H,1H3. The topological polar surface area (TPSA) is 77.8 Å². The van der Waals surface area contributed by atoms with Crippen molar-refractivity contribution in [3.05, 3.63) is 93.5 Å². The molecular weight excluding hydrogens is 410 g/mol. The highest BCUT2D eigenvalue weighted by atomic mass is 32.2. The number of aliphatic hydroxyl groups excluding tert-OH is 2. The Hall–Kier alpha value is -3.77. The van der Waals surface area contributed by atoms with Crippen LogP contribution < -0.4 is 4.90 Å². The number of allylic oxidation sites excluding steroid dienone is 3. The first-order valence-electron chi connectivity index (χ1n) is 9.71. The molecule has 0 amide bonds. The third-order valence-corrected chi connectivity index (χ3v) is 7.17. The van der Waals surface area contributed by atoms with Crippen LogP contribution in [0.5, 0.6) is 0 Å². The quantitative estimate of drug-likeness (QED) is 0.537. The summed E-state index contributed by atoms with van der Waals surface area (Å²) < 4.78 is 0. The highest BCUT2D eigenvalue weighted by molar-refractivity contribution is 8.03. The number of thioether (sulfide) groups is 1. The fraction of sp³-hybridized carbons (Fsp3) is 0.0400. The number of aliphatic hydroxyl groups is 2. The molecule has 3 aromatic carbocycles. The molecule has 3 aromatic rings. The largest absolute Gasteiger partial charge is 0.507 e. The Balaban J connectivity index is 1.58. The van der Waals surface area contributed by atoms with E-state index >= 15 is 0 Å². The van der Waals surface area contributed by atoms with Gasteiger partial charge in [-0.25, -0.2) is 0 Å². The molecule has 150 valence electrons. The van der Waals surface area contributed by atoms with Gasteiger partial charge in [-0.15, -0.1) is 0 Å². The number of carbonyl (C=O) groups excluding carboxylic acids is 2. The van der Waals surface area contributed by atoms with Crippen LogP contribution in [0.2, 0.25) is 0 Å². The third-order valence-electron chi connectivity index (χ3n) is 6.01. The van der Waals surface area contributed by atoms with Crippen molar-refractivity contribution < 1.29 is 19.8 Å². The average Bonchev–Trinajstić information content (AvgIpc) is 3.09. The molecule has 0 fully saturated rings. The maximum absolute atomic E-state index is 13.4. The lowest BCUT2D eigenvalue weighted by molar-refractivity contribution is 0.103. The molecule has 0 atom stereocenters. The first-order chi connectivity index (χ1) is 15.0. The van der Waals surface area contributed by atoms with E-state index in [0.717, 1.165) is 15.6 Å². The lowest BCUT2D eigenvalue weighted by Gasteiger charge is -2.23. The number of rotatable bonds is 1. The number of Topliss-reactive ketones (excluding diaryl/α,β-unsaturated/α-hetero) is 1. The summed E-state index contributed by atoms with van der Waals surface area (Å²) in [5, 5.41) is 23.2. The van der Waals surface area contributed by atoms with Crippen molar-refractivity contribution in [3.8, 4) is 0 Å². The Morgan fingerprint density at radius 2 is 1.55 bits per heavy atom. The molecule has 5 nitrogen and oxygen atoms in total. The Kier molecular flexibility index (Phi) is 3.56. The van der Waals surface area contributed by atoms with Gasteiger partial charge in [0, 0.05) is 51.0 Å². The summed E-state index contributed by atoms with van der Waals surface area (Å²) >= 11 is 1.54. The Morgan fingerprint density at radius 3 is 2.35 bits per heavy atom. The average molecular weight is 425 g/mol. The summed E-state index contributed by atoms with van der Waals surface area (Å²) in [6, 6.07) is 14.6. The van der Waals surface area contributed by atoms with Gasteiger partial charge in [-0.1, -0.05) is 23.9 Å². The summed E-state index contributed by atoms with van der Waals surface area (Å²) in [6.45, 7) is 0. The molecule has 6 heteroatoms. The second kappa shape index (κ2) is 6.12. The zero-order valence-corrected chi connectivity index (χ0v) is 17.2. The van der Waals surface area contributed by atoms with Crippen LogP contribution in [0.4, 0.5) is 5.69 Å². The predicted octanol–water partition coefficient (Wildman–Crippen LogP) is 5.48. The van der Waals surface area contributed by atoms with Crippen molar-refractivity contribution in [2.75, 3.05) is 11.9 Å². The van der Waals surface area contributed by atoms with Crippen LogP contribution in [-0.2, 0) is 0 Å². The Labute approximate surface area is 181 Å². The van der Waals surface area contributed by atoms with Gasteiger partial charge in [0.05, 0.1) is 16.3 Å². The number of benzene rings is 3. The van der Waals surface area contributed by atoms with E-state index in [-0.39, 0.29) is 28.7 Å². The number of hydrogen-bond acceptors (Lipinski definition) is 6. The molecule has 2 aliphatic carbocycles. The minimum absolute atomic E-state index is 0.125. The number of fused-ring (bicyclic) bond motifs is 1. The van der Waals surface area contributed by atoms with Gasteiger partial charge in [-0.05, 0) is 42.5 Å². The molecule has 0 spiro atoms. The van der Waals surface area contributed by atoms with Crippen LogP contribution >= 0.6 is 11.8 Å². The first-order valence-corrected chi connectivity index (χ1v) is 10.5. The van der Waals surface area contributed by atoms with Crippen LogP contribution in [0.15, 0.2) is 76.2 Å². The summed E-state index contributed by atoms with van der Waals surface area (Å²) in [7, 11) is 1.93. The zero-order valence-electron chi connectivity index (χ0n) is 16.3. The highest BCUT2D eigenvalue weighted by Gasteiger charge is 2.32. The SMILES string of the molecule is CN1C(=CC2=C(O)c3ccc4c5c(ccc(c35)C2=O)C(O)=CC4=O)Sc2ccccc21. The number of para-hydroxylation sites is 1. The van der Waals surface area contributed by atoms with Gasteiger partial charge in [-0.2, -0.15) is 0 Å². The summed E-state index contributed by atoms with van der Waals surface area (Å²) in [4.78, 5) is 28.9. The third kappa shape index (κ3) is 2.33. The van der Waals surface area contributed by atoms with E-state index in [4.69, 9.17) is 0 Å². The van der Waals surface area contributed by atoms with Crippen LogP contribution in [0.3, 0.4) is 0 Å². The molecule has 0 bridgehead atoms. The Bertz CT molecular complexity index is 1480. The van der Waals surface area contributed by atoms with Crippen LogP contribution in [0, 0.1) is 0 Å². The first kappa shape index (κ1) is 18.0. The molecule has 6 rings (SSSR count). The zero-order chi connectivity index (χ0) is 21.4. The number of hydrogen-bond donors (Lipinski definition) is 2. The van der Waals surface area contributed by atoms with E-state index in [1.165, 1.54) is 17.8 Å². The van der Waals surface area contributed by atoms with Gasteiger partial charge < -0.3 is 15.1 Å². The molecule has 1 aliphatic heterocycles. The minimum atomic E-state index is -0.320. The number of ketones is 2. The summed E-state index contributed by atoms with van der Waals surface area (Å²) in [5.74, 6) is -0.890. The molecule has 2 N–H and O–H groups in total. The lowest BCUT2D eigenvalue weighted by Crippen LogP contribution is -2.17. The lowest BCUT2D eigenvalue weighted by atomic mass is 9.81. The van der Waals surface area contributed by atoms with Gasteiger partial charge >= 0.3 is 0 Å². The molecule has 0 unspecified atom stereocenters. The molecule has 0 saturated heterocycles. The molecule has 3 aliphatic rings. The second-order valence-electron chi connectivity index (χ2n) is 7.67. The van der Waals surface area contributed by atoms with E-state index in [2.05, 4.69) is 0 Å². The maximum Gasteiger partial charge on any atom is 0.197 e. The van der Waals surface area contributed by atoms with Crippen LogP contribution in [0.25, 0.3) is 22.3 Å². The molecule has 1 heterocycles. The van der Waals surface area contributed by atoms with Gasteiger partial charge in [0.1, 0.15) is 11.5 Å². The monoisotopic (exact) mass is 425 g/mol. The normalized spacial score (nSPS) is 18.2. The van der Waals surface area contributed by atoms with Crippen molar-refractivity contribution in [3.63, 3.8) is 0 Å². The predicted molar refractivity (Wildman–Crippen MR) is 122 cm³/mol. The van der Waals surface area contributed by atoms with Gasteiger partial charge in [0.25, 0.3) is 0 Å². The van der Waals surface area contributed by atoms with Crippen LogP contribution in [-0.4, -0.2) is 28.8 Å². The second-order valence-corrected chi connectivity index (χ2v) is 8.73. The van der Waals surface area contributed by atoms with E-state index in [9.17, 15) is 19.8 Å². The minimum Gasteiger partial charge on any atom is -0.507 e. The molecule has 0 saturated carbocycles. The van der Waals surface area contributed by atoms with E-state index < -0.39 is 0 Å². The van der Waals surface area contributed by atoms with E-state index in [0.29, 0.717) is 33.0 Å². The highest BCUT2D eigenvalue weighted by Crippen LogP contribution is 2.47. The van der Waals surface area contributed by atoms with Crippen molar-refractivity contribution in [2.24, 2.45) is 0 Å². The number of nitrogens with zero attached hydrogens (tertiary/aromatic N) is 1. The molecular formula is C25H15NO4S. The van der Waals surface area contributed by atoms with E-state index in [1.54, 1.807) is 30.3 Å². The van der Waals surface area contributed by atoms with Gasteiger partial charge in [0.2, 0.25) is 0 Å². The summed E-state index contributed by atoms with van der Waals surface area (Å²) in [5.41, 5.74) is 3.04. The molecule has 0 radical (unpaired) electrons. The molecule has 31 heavy (non-hydrogen) atoms. The van der Waals surface area contributed by atoms with Crippen molar-refractivity contribution in [1.82, 2.24) is 0 Å². The van der Waals surface area contributed by atoms with Gasteiger partial charge in [0.15, 0.2) is 11.6 Å². The summed E-state index contributed by atoms with van der Waals surface area (Å²) in [6.07, 6.45) is 2.90. The van der Waals surface area contributed by atoms with E-state index in [1.807, 2.05) is 36.2 Å². The fourth-order valence-electron chi connectivity index (χ4n) is 4.48. The van der Waals surface area contributed by atoms with Crippen molar-refractivity contribution in [1.29, 1.82) is 0 Å². The van der Waals surface area contributed by atoms with Crippen LogP contribution in [0.1, 0.15) is 31.8 Å². The Morgan fingerprint density at radius 1 is 0.871 bits per heavy atom. The van der Waals surface area contributed by atoms with Crippen molar-refractivity contribution >= 4 is 51.3 Å². The number of anilines is 1. The maximum atomic E-state index is 13.4. The molecule has 0 aromatic heterocycles. The van der Waals surface area contributed by atoms with Gasteiger partial charge in [-0.3, -0.25) is 9.59 Å². The van der Waals surface area contributed by atoms with Crippen molar-refractivity contribution in [2.45, 2.75) is 4.90 Å². The fourth-order valence-corrected chi connectivity index (χ4v) is 5.58. The smallest absolute Gasteiger partial charge is 0.197 e.